The van der Waals surface area contributed by atoms with Crippen LogP contribution in [-0.4, -0.2) is 31.6 Å². The quantitative estimate of drug-likeness (QED) is 0.653. The Morgan fingerprint density at radius 3 is 1.77 bits per heavy atom. The Labute approximate surface area is 78.1 Å². The minimum absolute atomic E-state index is 0.107. The summed E-state index contributed by atoms with van der Waals surface area (Å²) in [5.41, 5.74) is 0. The largest absolute Gasteiger partial charge is 0.413 e. The lowest BCUT2D eigenvalue weighted by molar-refractivity contribution is -0.431. The molecule has 2 rings (SSSR count). The van der Waals surface area contributed by atoms with E-state index in [-0.39, 0.29) is 12.2 Å². The van der Waals surface area contributed by atoms with Crippen LogP contribution in [-0.2, 0) is 18.9 Å². The van der Waals surface area contributed by atoms with Crippen LogP contribution in [0, 0.1) is 0 Å². The first-order valence-electron chi connectivity index (χ1n) is 4.91. The summed E-state index contributed by atoms with van der Waals surface area (Å²) in [6.45, 7) is 5.23. The van der Waals surface area contributed by atoms with E-state index in [1.165, 1.54) is 0 Å². The van der Waals surface area contributed by atoms with Crippen LogP contribution in [0.5, 0.6) is 0 Å². The lowest BCUT2D eigenvalue weighted by Gasteiger charge is -2.19. The molecule has 2 atom stereocenters. The Bertz CT molecular complexity index is 162. The molecule has 2 aliphatic heterocycles. The highest BCUT2D eigenvalue weighted by Gasteiger charge is 2.50. The van der Waals surface area contributed by atoms with Crippen molar-refractivity contribution >= 4 is 0 Å². The summed E-state index contributed by atoms with van der Waals surface area (Å²) in [7, 11) is 0. The number of hydrogen-bond donors (Lipinski definition) is 0. The fourth-order valence-corrected chi connectivity index (χ4v) is 1.47. The van der Waals surface area contributed by atoms with Gasteiger partial charge in [-0.3, -0.25) is 9.47 Å². The van der Waals surface area contributed by atoms with E-state index in [0.717, 1.165) is 12.8 Å². The smallest absolute Gasteiger partial charge is 0.301 e. The lowest BCUT2D eigenvalue weighted by atomic mass is 10.3. The van der Waals surface area contributed by atoms with Gasteiger partial charge < -0.3 is 9.47 Å². The van der Waals surface area contributed by atoms with Crippen molar-refractivity contribution in [2.75, 3.05) is 13.2 Å². The zero-order chi connectivity index (χ0) is 9.31. The van der Waals surface area contributed by atoms with Gasteiger partial charge in [0.2, 0.25) is 0 Å². The maximum absolute atomic E-state index is 5.52. The van der Waals surface area contributed by atoms with Gasteiger partial charge in [-0.2, -0.15) is 0 Å². The standard InChI is InChI=1S/C9H16O4/c1-3-7-5-10-9(12-7)11-6-8(4-2)13-9/h7-8H,3-6H2,1-2H3. The molecule has 1 spiro atoms. The molecule has 76 valence electrons. The van der Waals surface area contributed by atoms with Crippen LogP contribution < -0.4 is 0 Å². The molecule has 4 nitrogen and oxygen atoms in total. The second-order valence-corrected chi connectivity index (χ2v) is 3.42. The third-order valence-corrected chi connectivity index (χ3v) is 2.42. The molecule has 0 bridgehead atoms. The molecule has 2 heterocycles. The minimum atomic E-state index is -1.17. The van der Waals surface area contributed by atoms with Crippen LogP contribution in [0.2, 0.25) is 0 Å². The van der Waals surface area contributed by atoms with E-state index in [1.54, 1.807) is 0 Å². The first kappa shape index (κ1) is 9.40. The van der Waals surface area contributed by atoms with Gasteiger partial charge in [0.1, 0.15) is 0 Å². The van der Waals surface area contributed by atoms with Crippen molar-refractivity contribution in [3.05, 3.63) is 0 Å². The highest BCUT2D eigenvalue weighted by Crippen LogP contribution is 2.34. The Morgan fingerprint density at radius 1 is 1.00 bits per heavy atom. The maximum atomic E-state index is 5.52. The maximum Gasteiger partial charge on any atom is 0.413 e. The fourth-order valence-electron chi connectivity index (χ4n) is 1.47. The SMILES string of the molecule is CCC1COC2(OCC(CC)O2)O1. The van der Waals surface area contributed by atoms with Gasteiger partial charge in [-0.05, 0) is 12.8 Å². The van der Waals surface area contributed by atoms with E-state index in [9.17, 15) is 0 Å². The molecular weight excluding hydrogens is 172 g/mol. The molecule has 0 amide bonds. The van der Waals surface area contributed by atoms with Gasteiger partial charge in [0.05, 0.1) is 25.4 Å². The van der Waals surface area contributed by atoms with E-state index in [2.05, 4.69) is 13.8 Å². The van der Waals surface area contributed by atoms with Gasteiger partial charge in [-0.1, -0.05) is 13.8 Å². The van der Waals surface area contributed by atoms with E-state index < -0.39 is 6.16 Å². The molecule has 0 aliphatic carbocycles. The molecule has 13 heavy (non-hydrogen) atoms. The lowest BCUT2D eigenvalue weighted by Crippen LogP contribution is -2.32. The molecule has 0 saturated carbocycles. The number of ether oxygens (including phenoxy) is 4. The van der Waals surface area contributed by atoms with E-state index >= 15 is 0 Å². The van der Waals surface area contributed by atoms with Gasteiger partial charge in [-0.25, -0.2) is 0 Å². The fraction of sp³-hybridized carbons (Fsp3) is 1.00. The average molecular weight is 188 g/mol. The molecule has 0 radical (unpaired) electrons. The summed E-state index contributed by atoms with van der Waals surface area (Å²) in [5.74, 6) is 0. The minimum Gasteiger partial charge on any atom is -0.301 e. The molecule has 0 N–H and O–H groups in total. The summed E-state index contributed by atoms with van der Waals surface area (Å²) in [6, 6.07) is 0. The molecule has 4 heteroatoms. The van der Waals surface area contributed by atoms with Crippen molar-refractivity contribution in [1.82, 2.24) is 0 Å². The summed E-state index contributed by atoms with van der Waals surface area (Å²) < 4.78 is 21.8. The Morgan fingerprint density at radius 2 is 1.46 bits per heavy atom. The van der Waals surface area contributed by atoms with Crippen molar-refractivity contribution < 1.29 is 18.9 Å². The van der Waals surface area contributed by atoms with Crippen molar-refractivity contribution in [2.24, 2.45) is 0 Å². The van der Waals surface area contributed by atoms with Crippen LogP contribution in [0.25, 0.3) is 0 Å². The zero-order valence-corrected chi connectivity index (χ0v) is 8.12. The normalized spacial score (nSPS) is 44.8. The van der Waals surface area contributed by atoms with Crippen molar-refractivity contribution in [3.8, 4) is 0 Å². The van der Waals surface area contributed by atoms with Gasteiger partial charge in [0.25, 0.3) is 0 Å². The Balaban J connectivity index is 1.93. The molecule has 2 fully saturated rings. The summed E-state index contributed by atoms with van der Waals surface area (Å²) >= 11 is 0. The van der Waals surface area contributed by atoms with Crippen molar-refractivity contribution in [3.63, 3.8) is 0 Å². The number of rotatable bonds is 2. The third-order valence-electron chi connectivity index (χ3n) is 2.42. The second-order valence-electron chi connectivity index (χ2n) is 3.42. The molecule has 2 unspecified atom stereocenters. The van der Waals surface area contributed by atoms with Crippen LogP contribution in [0.1, 0.15) is 26.7 Å². The molecule has 2 saturated heterocycles. The van der Waals surface area contributed by atoms with Gasteiger partial charge >= 0.3 is 6.16 Å². The molecule has 0 aromatic rings. The zero-order valence-electron chi connectivity index (χ0n) is 8.12. The van der Waals surface area contributed by atoms with Crippen LogP contribution in [0.4, 0.5) is 0 Å². The molecule has 0 aromatic carbocycles. The number of hydrogen-bond acceptors (Lipinski definition) is 4. The summed E-state index contributed by atoms with van der Waals surface area (Å²) in [6.07, 6.45) is 0.893. The predicted molar refractivity (Wildman–Crippen MR) is 45.0 cm³/mol. The Kier molecular flexibility index (Phi) is 2.55. The van der Waals surface area contributed by atoms with Gasteiger partial charge in [-0.15, -0.1) is 0 Å². The highest BCUT2D eigenvalue weighted by molar-refractivity contribution is 4.70. The molecular formula is C9H16O4. The third kappa shape index (κ3) is 1.72. The van der Waals surface area contributed by atoms with Crippen molar-refractivity contribution in [1.29, 1.82) is 0 Å². The first-order valence-corrected chi connectivity index (χ1v) is 4.91. The molecule has 0 aromatic heterocycles. The van der Waals surface area contributed by atoms with E-state index in [4.69, 9.17) is 18.9 Å². The average Bonchev–Trinajstić information content (AvgIpc) is 2.74. The molecule has 2 aliphatic rings. The van der Waals surface area contributed by atoms with Gasteiger partial charge in [0.15, 0.2) is 0 Å². The van der Waals surface area contributed by atoms with E-state index in [1.807, 2.05) is 0 Å². The monoisotopic (exact) mass is 188 g/mol. The van der Waals surface area contributed by atoms with Crippen LogP contribution in [0.15, 0.2) is 0 Å². The van der Waals surface area contributed by atoms with E-state index in [0.29, 0.717) is 13.2 Å². The summed E-state index contributed by atoms with van der Waals surface area (Å²) in [5, 5.41) is 0. The van der Waals surface area contributed by atoms with Crippen LogP contribution in [0.3, 0.4) is 0 Å². The summed E-state index contributed by atoms with van der Waals surface area (Å²) in [4.78, 5) is 0. The predicted octanol–water partition coefficient (Wildman–Crippen LogP) is 1.25. The second kappa shape index (κ2) is 3.53. The topological polar surface area (TPSA) is 36.9 Å². The first-order chi connectivity index (χ1) is 6.28. The van der Waals surface area contributed by atoms with Crippen LogP contribution >= 0.6 is 0 Å². The Hall–Kier alpha value is -0.160. The van der Waals surface area contributed by atoms with Gasteiger partial charge in [0, 0.05) is 0 Å². The highest BCUT2D eigenvalue weighted by atomic mass is 17.1. The van der Waals surface area contributed by atoms with Crippen molar-refractivity contribution in [2.45, 2.75) is 45.1 Å².